The minimum absolute atomic E-state index is 0.152. The van der Waals surface area contributed by atoms with Crippen LogP contribution in [0.25, 0.3) is 26.4 Å². The lowest BCUT2D eigenvalue weighted by molar-refractivity contribution is 0.0963. The van der Waals surface area contributed by atoms with Crippen molar-refractivity contribution < 1.29 is 18.7 Å². The largest absolute Gasteiger partial charge is 0.415 e. The fourth-order valence-electron chi connectivity index (χ4n) is 3.75. The third-order valence-corrected chi connectivity index (χ3v) is 6.39. The van der Waals surface area contributed by atoms with Crippen LogP contribution < -0.4 is 10.1 Å². The first kappa shape index (κ1) is 19.5. The molecule has 0 aliphatic carbocycles. The van der Waals surface area contributed by atoms with E-state index in [2.05, 4.69) is 10.3 Å². The van der Waals surface area contributed by atoms with Crippen LogP contribution in [-0.4, -0.2) is 46.4 Å². The third kappa shape index (κ3) is 3.50. The van der Waals surface area contributed by atoms with Crippen molar-refractivity contribution in [2.75, 3.05) is 20.1 Å². The Morgan fingerprint density at radius 3 is 2.71 bits per heavy atom. The molecular weight excluding hydrogens is 419 g/mol. The maximum atomic E-state index is 14.8. The lowest BCUT2D eigenvalue weighted by atomic mass is 10.1. The number of hydrogen-bond acceptors (Lipinski definition) is 5. The van der Waals surface area contributed by atoms with E-state index in [9.17, 15) is 14.0 Å². The number of fused-ring (bicyclic) bond motifs is 3. The second-order valence-electron chi connectivity index (χ2n) is 7.35. The van der Waals surface area contributed by atoms with Gasteiger partial charge in [-0.05, 0) is 43.2 Å². The van der Waals surface area contributed by atoms with Crippen LogP contribution >= 0.6 is 11.3 Å². The van der Waals surface area contributed by atoms with Crippen LogP contribution in [0.15, 0.2) is 42.6 Å². The molecule has 2 aromatic heterocycles. The molecule has 1 aliphatic rings. The fourth-order valence-corrected chi connectivity index (χ4v) is 4.80. The SMILES string of the molecule is CNC(=O)c1ccc2c(c1)sc1nc(-c3ccc(OC(=O)N4CCCC4)cc3F)cn12. The number of halogens is 1. The van der Waals surface area contributed by atoms with Gasteiger partial charge in [-0.3, -0.25) is 9.20 Å². The van der Waals surface area contributed by atoms with Crippen LogP contribution in [0.1, 0.15) is 23.2 Å². The van der Waals surface area contributed by atoms with Gasteiger partial charge in [-0.25, -0.2) is 14.2 Å². The van der Waals surface area contributed by atoms with Crippen LogP contribution in [-0.2, 0) is 0 Å². The van der Waals surface area contributed by atoms with E-state index in [4.69, 9.17) is 4.74 Å². The Bertz CT molecular complexity index is 1320. The molecule has 0 radical (unpaired) electrons. The zero-order valence-electron chi connectivity index (χ0n) is 16.7. The van der Waals surface area contributed by atoms with Crippen molar-refractivity contribution in [2.24, 2.45) is 0 Å². The Morgan fingerprint density at radius 1 is 1.16 bits per heavy atom. The van der Waals surface area contributed by atoms with E-state index in [1.165, 1.54) is 17.4 Å². The number of amides is 2. The van der Waals surface area contributed by atoms with Gasteiger partial charge in [-0.2, -0.15) is 0 Å². The highest BCUT2D eigenvalue weighted by Crippen LogP contribution is 2.32. The summed E-state index contributed by atoms with van der Waals surface area (Å²) >= 11 is 1.43. The van der Waals surface area contributed by atoms with Crippen LogP contribution in [0.3, 0.4) is 0 Å². The molecule has 5 rings (SSSR count). The van der Waals surface area contributed by atoms with E-state index < -0.39 is 11.9 Å². The Morgan fingerprint density at radius 2 is 1.97 bits per heavy atom. The predicted octanol–water partition coefficient (Wildman–Crippen LogP) is 4.31. The van der Waals surface area contributed by atoms with Crippen LogP contribution in [0.4, 0.5) is 9.18 Å². The average Bonchev–Trinajstić information content (AvgIpc) is 3.49. The zero-order chi connectivity index (χ0) is 21.5. The highest BCUT2D eigenvalue weighted by molar-refractivity contribution is 7.23. The first-order valence-corrected chi connectivity index (χ1v) is 10.8. The summed E-state index contributed by atoms with van der Waals surface area (Å²) in [4.78, 5) is 30.8. The smallest absolute Gasteiger partial charge is 0.410 e. The standard InChI is InChI=1S/C22H19FN4O3S/c1-24-20(28)13-4-7-18-19(10-13)31-21-25-17(12-27(18)21)15-6-5-14(11-16(15)23)30-22(29)26-8-2-3-9-26/h4-7,10-12H,2-3,8-9H2,1H3,(H,24,28). The lowest BCUT2D eigenvalue weighted by Gasteiger charge is -2.15. The molecule has 0 spiro atoms. The molecule has 0 unspecified atom stereocenters. The van der Waals surface area contributed by atoms with E-state index in [-0.39, 0.29) is 11.7 Å². The molecule has 1 N–H and O–H groups in total. The molecule has 1 aliphatic heterocycles. The third-order valence-electron chi connectivity index (χ3n) is 5.37. The molecule has 7 nitrogen and oxygen atoms in total. The maximum absolute atomic E-state index is 14.8. The summed E-state index contributed by atoms with van der Waals surface area (Å²) in [5.74, 6) is -0.490. The normalized spacial score (nSPS) is 13.8. The number of likely N-dealkylation sites (tertiary alicyclic amines) is 1. The highest BCUT2D eigenvalue weighted by Gasteiger charge is 2.21. The van der Waals surface area contributed by atoms with Crippen LogP contribution in [0.5, 0.6) is 5.75 Å². The van der Waals surface area contributed by atoms with E-state index in [1.54, 1.807) is 36.3 Å². The van der Waals surface area contributed by atoms with Crippen LogP contribution in [0, 0.1) is 5.82 Å². The molecule has 2 amide bonds. The van der Waals surface area contributed by atoms with Gasteiger partial charge in [0.1, 0.15) is 11.6 Å². The quantitative estimate of drug-likeness (QED) is 0.517. The molecule has 0 bridgehead atoms. The number of nitrogens with zero attached hydrogens (tertiary/aromatic N) is 3. The van der Waals surface area contributed by atoms with Crippen molar-refractivity contribution in [1.29, 1.82) is 0 Å². The summed E-state index contributed by atoms with van der Waals surface area (Å²) in [6, 6.07) is 9.78. The molecule has 0 atom stereocenters. The summed E-state index contributed by atoms with van der Waals surface area (Å²) < 4.78 is 22.9. The summed E-state index contributed by atoms with van der Waals surface area (Å²) in [5, 5.41) is 2.61. The lowest BCUT2D eigenvalue weighted by Crippen LogP contribution is -2.30. The minimum Gasteiger partial charge on any atom is -0.410 e. The zero-order valence-corrected chi connectivity index (χ0v) is 17.5. The number of thiazole rings is 1. The second-order valence-corrected chi connectivity index (χ2v) is 8.36. The number of nitrogens with one attached hydrogen (secondary N) is 1. The molecule has 1 saturated heterocycles. The van der Waals surface area contributed by atoms with Crippen molar-refractivity contribution in [3.8, 4) is 17.0 Å². The van der Waals surface area contributed by atoms with E-state index in [1.807, 2.05) is 16.5 Å². The van der Waals surface area contributed by atoms with Gasteiger partial charge >= 0.3 is 6.09 Å². The number of rotatable bonds is 3. The second kappa shape index (κ2) is 7.66. The molecule has 1 fully saturated rings. The number of benzene rings is 2. The van der Waals surface area contributed by atoms with Crippen molar-refractivity contribution in [3.05, 3.63) is 54.0 Å². The van der Waals surface area contributed by atoms with Crippen molar-refractivity contribution in [1.82, 2.24) is 19.6 Å². The fraction of sp³-hybridized carbons (Fsp3) is 0.227. The molecule has 31 heavy (non-hydrogen) atoms. The van der Waals surface area contributed by atoms with E-state index >= 15 is 0 Å². The number of aromatic nitrogens is 2. The van der Waals surface area contributed by atoms with Gasteiger partial charge in [0.15, 0.2) is 4.96 Å². The summed E-state index contributed by atoms with van der Waals surface area (Å²) in [6.07, 6.45) is 3.24. The molecular formula is C22H19FN4O3S. The van der Waals surface area contributed by atoms with Crippen molar-refractivity contribution >= 4 is 38.5 Å². The molecule has 4 aromatic rings. The number of imidazole rings is 1. The summed E-state index contributed by atoms with van der Waals surface area (Å²) in [7, 11) is 1.59. The Labute approximate surface area is 181 Å². The van der Waals surface area contributed by atoms with Crippen molar-refractivity contribution in [3.63, 3.8) is 0 Å². The van der Waals surface area contributed by atoms with Crippen LogP contribution in [0.2, 0.25) is 0 Å². The van der Waals surface area contributed by atoms with E-state index in [0.717, 1.165) is 23.1 Å². The Balaban J connectivity index is 1.43. The summed E-state index contributed by atoms with van der Waals surface area (Å²) in [5.41, 5.74) is 2.28. The number of carbonyl (C=O) groups excluding carboxylic acids is 2. The van der Waals surface area contributed by atoms with Gasteiger partial charge in [0.2, 0.25) is 0 Å². The minimum atomic E-state index is -0.510. The first-order chi connectivity index (χ1) is 15.0. The molecule has 0 saturated carbocycles. The monoisotopic (exact) mass is 438 g/mol. The number of hydrogen-bond donors (Lipinski definition) is 1. The summed E-state index contributed by atoms with van der Waals surface area (Å²) in [6.45, 7) is 1.34. The topological polar surface area (TPSA) is 75.9 Å². The Kier molecular flexibility index (Phi) is 4.82. The van der Waals surface area contributed by atoms with Crippen molar-refractivity contribution in [2.45, 2.75) is 12.8 Å². The molecule has 3 heterocycles. The number of ether oxygens (including phenoxy) is 1. The number of carbonyl (C=O) groups is 2. The average molecular weight is 438 g/mol. The van der Waals surface area contributed by atoms with Gasteiger partial charge in [0.25, 0.3) is 5.91 Å². The van der Waals surface area contributed by atoms with Gasteiger partial charge < -0.3 is 15.0 Å². The van der Waals surface area contributed by atoms with Gasteiger partial charge in [0, 0.05) is 43.5 Å². The Hall–Kier alpha value is -3.46. The van der Waals surface area contributed by atoms with Gasteiger partial charge in [-0.15, -0.1) is 0 Å². The maximum Gasteiger partial charge on any atom is 0.415 e. The molecule has 2 aromatic carbocycles. The predicted molar refractivity (Wildman–Crippen MR) is 116 cm³/mol. The van der Waals surface area contributed by atoms with Gasteiger partial charge in [0.05, 0.1) is 15.9 Å². The first-order valence-electron chi connectivity index (χ1n) is 9.94. The van der Waals surface area contributed by atoms with E-state index in [0.29, 0.717) is 34.9 Å². The molecule has 9 heteroatoms. The van der Waals surface area contributed by atoms with Gasteiger partial charge in [-0.1, -0.05) is 11.3 Å². The highest BCUT2D eigenvalue weighted by atomic mass is 32.1. The molecule has 158 valence electrons.